The molecule has 0 spiro atoms. The lowest BCUT2D eigenvalue weighted by Crippen LogP contribution is -2.61. The molecular formula is C66H79BN2S. The highest BCUT2D eigenvalue weighted by molar-refractivity contribution is 7.26. The van der Waals surface area contributed by atoms with Gasteiger partial charge in [-0.1, -0.05) is 160 Å². The van der Waals surface area contributed by atoms with Crippen LogP contribution in [0.3, 0.4) is 0 Å². The van der Waals surface area contributed by atoms with Crippen molar-refractivity contribution in [2.24, 2.45) is 0 Å². The van der Waals surface area contributed by atoms with Crippen molar-refractivity contribution >= 4 is 83.5 Å². The number of thiophene rings is 1. The molecule has 5 aromatic carbocycles. The number of rotatable bonds is 3. The smallest absolute Gasteiger partial charge is 0.254 e. The first kappa shape index (κ1) is 47.5. The molecule has 0 radical (unpaired) electrons. The first-order valence-electron chi connectivity index (χ1n) is 26.8. The van der Waals surface area contributed by atoms with Gasteiger partial charge in [-0.05, 0) is 197 Å². The molecule has 0 N–H and O–H groups in total. The van der Waals surface area contributed by atoms with Crippen molar-refractivity contribution in [2.75, 3.05) is 9.80 Å². The summed E-state index contributed by atoms with van der Waals surface area (Å²) in [6.07, 6.45) is 14.2. The molecule has 4 heteroatoms. The standard InChI is InChI=1S/C66H79BN2S/c1-60(2,3)41-23-27-52(45(33-41)40-21-19-18-20-22-40)69-53-28-24-42(61(4,5)6)34-51(53)67-57-46-38-49-50(66(16,17)32-31-65(49,14)15)39-56(46)70-59(57)68(54-35-43(62(7,8)9)36-55(69)58(54)67)44-25-26-47-48(37-44)64(12,13)30-29-63(47,10)11/h19,21-28,33-39H,18,20,29-32H2,1-17H3. The van der Waals surface area contributed by atoms with Crippen LogP contribution in [-0.2, 0) is 37.9 Å². The van der Waals surface area contributed by atoms with E-state index in [2.05, 4.69) is 225 Å². The van der Waals surface area contributed by atoms with E-state index in [0.29, 0.717) is 0 Å². The van der Waals surface area contributed by atoms with E-state index in [0.717, 1.165) is 12.8 Å². The summed E-state index contributed by atoms with van der Waals surface area (Å²) in [5.41, 5.74) is 23.9. The van der Waals surface area contributed by atoms with Gasteiger partial charge in [-0.3, -0.25) is 0 Å². The molecule has 0 fully saturated rings. The average Bonchev–Trinajstić information content (AvgIpc) is 3.66. The molecule has 0 saturated carbocycles. The number of anilines is 6. The lowest BCUT2D eigenvalue weighted by Gasteiger charge is -2.46. The molecule has 0 unspecified atom stereocenters. The molecule has 11 rings (SSSR count). The SMILES string of the molecule is CC(C)(C)c1ccc2c(c1)B1c3c(cc(C(C)(C)C)cc3N(c3ccc4c(c3)C(C)(C)CCC4(C)C)c3sc4cc5c(cc4c31)C(C)(C)CCC5(C)C)N2c1ccc(C(C)(C)C)cc1C1=CCCC=C1. The molecule has 3 heterocycles. The lowest BCUT2D eigenvalue weighted by atomic mass is 9.33. The van der Waals surface area contributed by atoms with Gasteiger partial charge in [-0.15, -0.1) is 11.3 Å². The number of fused-ring (bicyclic) bond motifs is 8. The number of hydrogen-bond donors (Lipinski definition) is 0. The fourth-order valence-electron chi connectivity index (χ4n) is 13.0. The van der Waals surface area contributed by atoms with Crippen molar-refractivity contribution in [2.45, 2.75) is 194 Å². The highest BCUT2D eigenvalue weighted by Gasteiger charge is 2.48. The van der Waals surface area contributed by atoms with Gasteiger partial charge < -0.3 is 9.80 Å². The van der Waals surface area contributed by atoms with Gasteiger partial charge in [-0.25, -0.2) is 0 Å². The maximum atomic E-state index is 2.75. The van der Waals surface area contributed by atoms with E-state index in [1.54, 1.807) is 0 Å². The van der Waals surface area contributed by atoms with Crippen LogP contribution in [0.25, 0.3) is 15.7 Å². The Balaban J connectivity index is 1.31. The van der Waals surface area contributed by atoms with E-state index < -0.39 is 0 Å². The second kappa shape index (κ2) is 15.4. The fourth-order valence-corrected chi connectivity index (χ4v) is 14.3. The minimum absolute atomic E-state index is 0.00256. The Kier molecular flexibility index (Phi) is 10.4. The summed E-state index contributed by atoms with van der Waals surface area (Å²) in [5, 5.41) is 2.81. The summed E-state index contributed by atoms with van der Waals surface area (Å²) in [4.78, 5) is 5.46. The molecule has 2 nitrogen and oxygen atoms in total. The molecule has 0 bridgehead atoms. The van der Waals surface area contributed by atoms with Crippen molar-refractivity contribution in [1.82, 2.24) is 0 Å². The Hall–Kier alpha value is -4.80. The van der Waals surface area contributed by atoms with Gasteiger partial charge in [0.2, 0.25) is 0 Å². The molecule has 0 atom stereocenters. The van der Waals surface area contributed by atoms with Crippen LogP contribution in [-0.4, -0.2) is 6.71 Å². The molecule has 6 aromatic rings. The van der Waals surface area contributed by atoms with Crippen LogP contribution in [0.2, 0.25) is 0 Å². The van der Waals surface area contributed by atoms with Crippen molar-refractivity contribution in [3.63, 3.8) is 0 Å². The molecule has 3 aliphatic carbocycles. The number of hydrogen-bond acceptors (Lipinski definition) is 3. The van der Waals surface area contributed by atoms with Crippen LogP contribution in [0.1, 0.15) is 201 Å². The van der Waals surface area contributed by atoms with Crippen molar-refractivity contribution in [1.29, 1.82) is 0 Å². The molecule has 5 aliphatic rings. The Bertz CT molecular complexity index is 3230. The maximum Gasteiger partial charge on any atom is 0.254 e. The third-order valence-electron chi connectivity index (χ3n) is 17.9. The summed E-state index contributed by atoms with van der Waals surface area (Å²) in [7, 11) is 0. The van der Waals surface area contributed by atoms with Crippen LogP contribution in [0, 0.1) is 0 Å². The minimum atomic E-state index is -0.110. The van der Waals surface area contributed by atoms with Gasteiger partial charge in [0.15, 0.2) is 0 Å². The van der Waals surface area contributed by atoms with Crippen molar-refractivity contribution in [3.05, 3.63) is 142 Å². The molecule has 2 aliphatic heterocycles. The van der Waals surface area contributed by atoms with Crippen LogP contribution in [0.5, 0.6) is 0 Å². The van der Waals surface area contributed by atoms with E-state index >= 15 is 0 Å². The predicted molar refractivity (Wildman–Crippen MR) is 309 cm³/mol. The average molecular weight is 943 g/mol. The Labute approximate surface area is 426 Å². The van der Waals surface area contributed by atoms with Crippen LogP contribution in [0.4, 0.5) is 33.4 Å². The van der Waals surface area contributed by atoms with Crippen LogP contribution < -0.4 is 26.2 Å². The van der Waals surface area contributed by atoms with E-state index in [1.807, 2.05) is 11.3 Å². The van der Waals surface area contributed by atoms with Gasteiger partial charge in [0.1, 0.15) is 0 Å². The summed E-state index contributed by atoms with van der Waals surface area (Å²) in [6.45, 7) is 41.4. The zero-order valence-electron chi connectivity index (χ0n) is 45.9. The zero-order chi connectivity index (χ0) is 50.0. The molecule has 362 valence electrons. The van der Waals surface area contributed by atoms with E-state index in [9.17, 15) is 0 Å². The Morgan fingerprint density at radius 3 is 1.61 bits per heavy atom. The minimum Gasteiger partial charge on any atom is -0.311 e. The molecule has 1 aromatic heterocycles. The maximum absolute atomic E-state index is 2.75. The normalized spacial score (nSPS) is 19.6. The van der Waals surface area contributed by atoms with Gasteiger partial charge in [0.05, 0.1) is 10.7 Å². The van der Waals surface area contributed by atoms with Crippen molar-refractivity contribution < 1.29 is 0 Å². The second-order valence-corrected chi connectivity index (χ2v) is 28.9. The molecule has 70 heavy (non-hydrogen) atoms. The zero-order valence-corrected chi connectivity index (χ0v) is 46.7. The summed E-state index contributed by atoms with van der Waals surface area (Å²) < 4.78 is 1.41. The van der Waals surface area contributed by atoms with Gasteiger partial charge in [-0.2, -0.15) is 0 Å². The summed E-state index contributed by atoms with van der Waals surface area (Å²) >= 11 is 2.04. The topological polar surface area (TPSA) is 6.48 Å². The largest absolute Gasteiger partial charge is 0.311 e. The first-order valence-corrected chi connectivity index (χ1v) is 27.6. The van der Waals surface area contributed by atoms with Crippen LogP contribution in [0.15, 0.2) is 97.1 Å². The van der Waals surface area contributed by atoms with Crippen molar-refractivity contribution in [3.8, 4) is 0 Å². The molecule has 0 amide bonds. The van der Waals surface area contributed by atoms with E-state index in [1.165, 1.54) is 136 Å². The summed E-state index contributed by atoms with van der Waals surface area (Å²) in [5.74, 6) is 0. The first-order chi connectivity index (χ1) is 32.6. The quantitative estimate of drug-likeness (QED) is 0.163. The monoisotopic (exact) mass is 943 g/mol. The third-order valence-corrected chi connectivity index (χ3v) is 19.0. The molecular weight excluding hydrogens is 864 g/mol. The number of nitrogens with zero attached hydrogens (tertiary/aromatic N) is 2. The Morgan fingerprint density at radius 1 is 0.486 bits per heavy atom. The second-order valence-electron chi connectivity index (χ2n) is 27.9. The van der Waals surface area contributed by atoms with Gasteiger partial charge in [0.25, 0.3) is 6.71 Å². The predicted octanol–water partition coefficient (Wildman–Crippen LogP) is 17.3. The van der Waals surface area contributed by atoms with E-state index in [4.69, 9.17) is 0 Å². The van der Waals surface area contributed by atoms with Gasteiger partial charge in [0, 0.05) is 33.0 Å². The number of benzene rings is 5. The van der Waals surface area contributed by atoms with E-state index in [-0.39, 0.29) is 44.6 Å². The number of allylic oxidation sites excluding steroid dienone is 4. The highest BCUT2D eigenvalue weighted by atomic mass is 32.1. The fraction of sp³-hybridized carbons (Fsp3) is 0.455. The van der Waals surface area contributed by atoms with Crippen LogP contribution >= 0.6 is 11.3 Å². The van der Waals surface area contributed by atoms with Gasteiger partial charge >= 0.3 is 0 Å². The highest BCUT2D eigenvalue weighted by Crippen LogP contribution is 2.55. The lowest BCUT2D eigenvalue weighted by molar-refractivity contribution is 0.332. The Morgan fingerprint density at radius 2 is 1.03 bits per heavy atom. The third kappa shape index (κ3) is 7.37. The molecule has 0 saturated heterocycles. The summed E-state index contributed by atoms with van der Waals surface area (Å²) in [6, 6.07) is 33.1.